The molecule has 0 radical (unpaired) electrons. The molecule has 0 aromatic rings. The van der Waals surface area contributed by atoms with Crippen LogP contribution < -0.4 is 0 Å². The Labute approximate surface area is 145 Å². The van der Waals surface area contributed by atoms with Gasteiger partial charge in [-0.2, -0.15) is 0 Å². The molecule has 2 N–H and O–H groups in total. The van der Waals surface area contributed by atoms with Crippen LogP contribution in [0.2, 0.25) is 0 Å². The van der Waals surface area contributed by atoms with Crippen LogP contribution in [0.4, 0.5) is 0 Å². The minimum atomic E-state index is -1.03. The highest BCUT2D eigenvalue weighted by Crippen LogP contribution is 2.46. The van der Waals surface area contributed by atoms with Crippen LogP contribution in [0.25, 0.3) is 0 Å². The molecule has 0 aliphatic heterocycles. The predicted octanol–water partition coefficient (Wildman–Crippen LogP) is 5.20. The Morgan fingerprint density at radius 2 is 1.67 bits per heavy atom. The van der Waals surface area contributed by atoms with Gasteiger partial charge >= 0.3 is 11.9 Å². The molecule has 1 rings (SSSR count). The molecule has 1 atom stereocenters. The third-order valence-electron chi connectivity index (χ3n) is 4.73. The first-order valence-electron chi connectivity index (χ1n) is 8.95. The highest BCUT2D eigenvalue weighted by atomic mass is 16.4. The van der Waals surface area contributed by atoms with Crippen LogP contribution in [0.3, 0.4) is 0 Å². The predicted molar refractivity (Wildman–Crippen MR) is 95.9 cm³/mol. The Morgan fingerprint density at radius 3 is 2.12 bits per heavy atom. The fraction of sp³-hybridized carbons (Fsp3) is 0.700. The van der Waals surface area contributed by atoms with Crippen LogP contribution >= 0.6 is 0 Å². The highest BCUT2D eigenvalue weighted by Gasteiger charge is 2.39. The van der Waals surface area contributed by atoms with E-state index in [9.17, 15) is 19.8 Å². The molecule has 0 bridgehead atoms. The van der Waals surface area contributed by atoms with Crippen molar-refractivity contribution in [3.8, 4) is 0 Å². The van der Waals surface area contributed by atoms with Crippen molar-refractivity contribution in [3.05, 3.63) is 22.8 Å². The van der Waals surface area contributed by atoms with Crippen molar-refractivity contribution in [1.29, 1.82) is 0 Å². The molecule has 1 unspecified atom stereocenters. The van der Waals surface area contributed by atoms with Gasteiger partial charge in [-0.25, -0.2) is 9.59 Å². The molecular weight excluding hydrogens is 304 g/mol. The lowest BCUT2D eigenvalue weighted by atomic mass is 9.67. The monoisotopic (exact) mass is 336 g/mol. The summed E-state index contributed by atoms with van der Waals surface area (Å²) in [6.07, 6.45) is 8.71. The van der Waals surface area contributed by atoms with Gasteiger partial charge in [-0.05, 0) is 29.2 Å². The van der Waals surface area contributed by atoms with Crippen LogP contribution in [0.5, 0.6) is 0 Å². The van der Waals surface area contributed by atoms with E-state index in [-0.39, 0.29) is 11.1 Å². The zero-order chi connectivity index (χ0) is 18.5. The lowest BCUT2D eigenvalue weighted by Gasteiger charge is -2.37. The number of hydrogen-bond acceptors (Lipinski definition) is 2. The summed E-state index contributed by atoms with van der Waals surface area (Å²) >= 11 is 0. The average Bonchev–Trinajstić information content (AvgIpc) is 2.44. The molecule has 0 saturated heterocycles. The number of allylic oxidation sites excluding steroid dienone is 1. The van der Waals surface area contributed by atoms with Crippen molar-refractivity contribution >= 4 is 11.9 Å². The van der Waals surface area contributed by atoms with E-state index < -0.39 is 22.8 Å². The maximum absolute atomic E-state index is 11.8. The summed E-state index contributed by atoms with van der Waals surface area (Å²) in [5.41, 5.74) is -0.0189. The van der Waals surface area contributed by atoms with Gasteiger partial charge in [0.05, 0.1) is 5.57 Å². The minimum Gasteiger partial charge on any atom is -0.478 e. The second-order valence-corrected chi connectivity index (χ2v) is 8.27. The fourth-order valence-electron chi connectivity index (χ4n) is 3.63. The van der Waals surface area contributed by atoms with E-state index in [1.165, 1.54) is 19.3 Å². The summed E-state index contributed by atoms with van der Waals surface area (Å²) in [5, 5.41) is 19.3. The van der Waals surface area contributed by atoms with Crippen molar-refractivity contribution in [2.45, 2.75) is 79.6 Å². The van der Waals surface area contributed by atoms with Crippen LogP contribution in [-0.4, -0.2) is 22.2 Å². The Kier molecular flexibility index (Phi) is 6.82. The van der Waals surface area contributed by atoms with Gasteiger partial charge in [0.25, 0.3) is 0 Å². The van der Waals surface area contributed by atoms with Gasteiger partial charge in [0, 0.05) is 5.57 Å². The van der Waals surface area contributed by atoms with Gasteiger partial charge in [0.2, 0.25) is 0 Å². The third kappa shape index (κ3) is 5.22. The molecule has 24 heavy (non-hydrogen) atoms. The third-order valence-corrected chi connectivity index (χ3v) is 4.73. The molecule has 0 aromatic heterocycles. The number of aliphatic carboxylic acids is 2. The van der Waals surface area contributed by atoms with Crippen molar-refractivity contribution in [3.63, 3.8) is 0 Å². The smallest absolute Gasteiger partial charge is 0.335 e. The zero-order valence-corrected chi connectivity index (χ0v) is 15.7. The first-order chi connectivity index (χ1) is 11.0. The molecule has 0 amide bonds. The molecule has 0 heterocycles. The standard InChI is InChI=1S/C20H32O4/c1-6-7-8-9-10-11-20(5)12-14(17(21)22)16(19(2,3)4)15(13-20)18(23)24/h12H,6-11,13H2,1-5H3,(H,21,22)(H,23,24). The molecule has 0 aromatic carbocycles. The molecule has 1 aliphatic rings. The second-order valence-electron chi connectivity index (χ2n) is 8.27. The van der Waals surface area contributed by atoms with Crippen molar-refractivity contribution in [1.82, 2.24) is 0 Å². The highest BCUT2D eigenvalue weighted by molar-refractivity contribution is 5.98. The second kappa shape index (κ2) is 8.00. The van der Waals surface area contributed by atoms with E-state index in [2.05, 4.69) is 6.92 Å². The quantitative estimate of drug-likeness (QED) is 0.598. The van der Waals surface area contributed by atoms with Gasteiger partial charge in [0.1, 0.15) is 0 Å². The summed E-state index contributed by atoms with van der Waals surface area (Å²) in [6.45, 7) is 9.76. The van der Waals surface area contributed by atoms with Gasteiger partial charge in [-0.1, -0.05) is 72.8 Å². The Balaban J connectivity index is 3.12. The zero-order valence-electron chi connectivity index (χ0n) is 15.7. The fourth-order valence-corrected chi connectivity index (χ4v) is 3.63. The Morgan fingerprint density at radius 1 is 1.08 bits per heavy atom. The largest absolute Gasteiger partial charge is 0.478 e. The first kappa shape index (κ1) is 20.5. The Bertz CT molecular complexity index is 548. The number of hydrogen-bond donors (Lipinski definition) is 2. The molecular formula is C20H32O4. The number of unbranched alkanes of at least 4 members (excludes halogenated alkanes) is 4. The number of carboxylic acids is 2. The number of carboxylic acid groups (broad SMARTS) is 2. The van der Waals surface area contributed by atoms with Gasteiger partial charge < -0.3 is 10.2 Å². The minimum absolute atomic E-state index is 0.169. The van der Waals surface area contributed by atoms with Crippen LogP contribution in [0.1, 0.15) is 79.6 Å². The number of carbonyl (C=O) groups is 2. The molecule has 136 valence electrons. The summed E-state index contributed by atoms with van der Waals surface area (Å²) < 4.78 is 0. The summed E-state index contributed by atoms with van der Waals surface area (Å²) in [6, 6.07) is 0. The van der Waals surface area contributed by atoms with E-state index >= 15 is 0 Å². The summed E-state index contributed by atoms with van der Waals surface area (Å²) in [7, 11) is 0. The molecule has 0 fully saturated rings. The van der Waals surface area contributed by atoms with Gasteiger partial charge in [0.15, 0.2) is 0 Å². The Hall–Kier alpha value is -1.58. The normalized spacial score (nSPS) is 21.6. The lowest BCUT2D eigenvalue weighted by Crippen LogP contribution is -2.30. The van der Waals surface area contributed by atoms with Crippen molar-refractivity contribution in [2.75, 3.05) is 0 Å². The first-order valence-corrected chi connectivity index (χ1v) is 8.95. The van der Waals surface area contributed by atoms with Crippen LogP contribution in [0.15, 0.2) is 22.8 Å². The van der Waals surface area contributed by atoms with Gasteiger partial charge in [-0.15, -0.1) is 0 Å². The van der Waals surface area contributed by atoms with Crippen molar-refractivity contribution < 1.29 is 19.8 Å². The molecule has 1 aliphatic carbocycles. The average molecular weight is 336 g/mol. The van der Waals surface area contributed by atoms with E-state index in [1.807, 2.05) is 33.8 Å². The number of rotatable bonds is 8. The van der Waals surface area contributed by atoms with E-state index in [0.717, 1.165) is 19.3 Å². The van der Waals surface area contributed by atoms with E-state index in [1.54, 1.807) is 0 Å². The van der Waals surface area contributed by atoms with Crippen LogP contribution in [-0.2, 0) is 9.59 Å². The lowest BCUT2D eigenvalue weighted by molar-refractivity contribution is -0.133. The molecule has 4 nitrogen and oxygen atoms in total. The summed E-state index contributed by atoms with van der Waals surface area (Å²) in [4.78, 5) is 23.6. The van der Waals surface area contributed by atoms with Crippen molar-refractivity contribution in [2.24, 2.45) is 10.8 Å². The van der Waals surface area contributed by atoms with Gasteiger partial charge in [-0.3, -0.25) is 0 Å². The SMILES string of the molecule is CCCCCCCC1(C)C=C(C(=O)O)C(C(C)(C)C)=C(C(=O)O)C1. The molecule has 0 saturated carbocycles. The van der Waals surface area contributed by atoms with E-state index in [0.29, 0.717) is 12.0 Å². The maximum Gasteiger partial charge on any atom is 0.335 e. The molecule has 0 spiro atoms. The van der Waals surface area contributed by atoms with E-state index in [4.69, 9.17) is 0 Å². The van der Waals surface area contributed by atoms with Crippen LogP contribution in [0, 0.1) is 10.8 Å². The molecule has 4 heteroatoms. The topological polar surface area (TPSA) is 74.6 Å². The summed E-state index contributed by atoms with van der Waals surface area (Å²) in [5.74, 6) is -2.03. The maximum atomic E-state index is 11.8.